The van der Waals surface area contributed by atoms with Gasteiger partial charge in [-0.05, 0) is 31.5 Å². The molecule has 0 amide bonds. The molecular weight excluding hydrogens is 246 g/mol. The lowest BCUT2D eigenvalue weighted by Crippen LogP contribution is -2.18. The number of fused-ring (bicyclic) bond motifs is 1. The highest BCUT2D eigenvalue weighted by Crippen LogP contribution is 2.30. The molecule has 2 rings (SSSR count). The van der Waals surface area contributed by atoms with Crippen LogP contribution in [0.15, 0.2) is 18.2 Å². The predicted octanol–water partition coefficient (Wildman–Crippen LogP) is 2.23. The molecule has 0 aliphatic carbocycles. The summed E-state index contributed by atoms with van der Waals surface area (Å²) in [6.07, 6.45) is 0. The molecule has 1 N–H and O–H groups in total. The Kier molecular flexibility index (Phi) is 3.55. The third kappa shape index (κ3) is 2.19. The second-order valence-electron chi connectivity index (χ2n) is 4.06. The van der Waals surface area contributed by atoms with E-state index in [1.807, 2.05) is 18.2 Å². The Bertz CT molecular complexity index is 642. The van der Waals surface area contributed by atoms with Crippen LogP contribution >= 0.6 is 0 Å². The first-order chi connectivity index (χ1) is 9.10. The predicted molar refractivity (Wildman–Crippen MR) is 70.6 cm³/mol. The Morgan fingerprint density at radius 1 is 1.32 bits per heavy atom. The average Bonchev–Trinajstić information content (AvgIpc) is 2.75. The van der Waals surface area contributed by atoms with Crippen LogP contribution in [0.1, 0.15) is 23.0 Å². The fourth-order valence-corrected chi connectivity index (χ4v) is 2.07. The summed E-state index contributed by atoms with van der Waals surface area (Å²) in [5.41, 5.74) is 1.69. The molecule has 0 atom stereocenters. The van der Waals surface area contributed by atoms with E-state index in [1.165, 1.54) is 0 Å². The van der Waals surface area contributed by atoms with Crippen LogP contribution in [-0.2, 0) is 9.53 Å². The number of ketones is 1. The number of esters is 1. The largest absolute Gasteiger partial charge is 0.496 e. The van der Waals surface area contributed by atoms with Gasteiger partial charge in [0, 0.05) is 10.9 Å². The molecule has 1 heterocycles. The Balaban J connectivity index is 2.54. The van der Waals surface area contributed by atoms with Crippen LogP contribution in [0.2, 0.25) is 0 Å². The van der Waals surface area contributed by atoms with Crippen LogP contribution in [0, 0.1) is 6.92 Å². The van der Waals surface area contributed by atoms with Gasteiger partial charge in [0.25, 0.3) is 5.78 Å². The number of benzene rings is 1. The molecule has 0 saturated heterocycles. The summed E-state index contributed by atoms with van der Waals surface area (Å²) in [6.45, 7) is 3.60. The van der Waals surface area contributed by atoms with Gasteiger partial charge >= 0.3 is 5.97 Å². The highest BCUT2D eigenvalue weighted by Gasteiger charge is 2.23. The summed E-state index contributed by atoms with van der Waals surface area (Å²) >= 11 is 0. The number of aryl methyl sites for hydroxylation is 1. The van der Waals surface area contributed by atoms with Crippen molar-refractivity contribution < 1.29 is 19.1 Å². The molecule has 2 aromatic rings. The maximum absolute atomic E-state index is 12.0. The van der Waals surface area contributed by atoms with Crippen molar-refractivity contribution in [3.63, 3.8) is 0 Å². The van der Waals surface area contributed by atoms with Gasteiger partial charge in [0.1, 0.15) is 5.75 Å². The van der Waals surface area contributed by atoms with Crippen molar-refractivity contribution in [1.82, 2.24) is 4.98 Å². The number of hydrogen-bond acceptors (Lipinski definition) is 4. The normalized spacial score (nSPS) is 10.5. The van der Waals surface area contributed by atoms with Crippen molar-refractivity contribution in [3.8, 4) is 5.75 Å². The van der Waals surface area contributed by atoms with E-state index in [4.69, 9.17) is 9.47 Å². The molecular formula is C14H15NO4. The number of methoxy groups -OCH3 is 1. The van der Waals surface area contributed by atoms with Crippen LogP contribution in [0.25, 0.3) is 10.9 Å². The summed E-state index contributed by atoms with van der Waals surface area (Å²) in [4.78, 5) is 26.4. The van der Waals surface area contributed by atoms with Gasteiger partial charge in [-0.2, -0.15) is 0 Å². The Morgan fingerprint density at radius 2 is 2.05 bits per heavy atom. The van der Waals surface area contributed by atoms with E-state index in [0.29, 0.717) is 11.3 Å². The Morgan fingerprint density at radius 3 is 2.68 bits per heavy atom. The van der Waals surface area contributed by atoms with E-state index in [2.05, 4.69) is 4.98 Å². The summed E-state index contributed by atoms with van der Waals surface area (Å²) < 4.78 is 9.99. The van der Waals surface area contributed by atoms with E-state index in [0.717, 1.165) is 10.9 Å². The molecule has 5 heteroatoms. The second kappa shape index (κ2) is 5.14. The molecule has 0 fully saturated rings. The van der Waals surface area contributed by atoms with Gasteiger partial charge < -0.3 is 14.5 Å². The third-order valence-electron chi connectivity index (χ3n) is 2.94. The van der Waals surface area contributed by atoms with Crippen LogP contribution in [0.5, 0.6) is 5.75 Å². The standard InChI is InChI=1S/C14H15NO4/c1-4-19-14(17)13(16)12-8(2)11-9(15-12)6-5-7-10(11)18-3/h5-7,15H,4H2,1-3H3. The maximum atomic E-state index is 12.0. The molecule has 0 aliphatic rings. The summed E-state index contributed by atoms with van der Waals surface area (Å²) in [5.74, 6) is -0.858. The van der Waals surface area contributed by atoms with Gasteiger partial charge in [-0.3, -0.25) is 4.79 Å². The number of ether oxygens (including phenoxy) is 2. The Labute approximate surface area is 110 Å². The zero-order valence-electron chi connectivity index (χ0n) is 11.1. The summed E-state index contributed by atoms with van der Waals surface area (Å²) in [5, 5.41) is 0.803. The number of aromatic amines is 1. The van der Waals surface area contributed by atoms with Gasteiger partial charge in [-0.1, -0.05) is 6.07 Å². The van der Waals surface area contributed by atoms with Gasteiger partial charge in [0.15, 0.2) is 0 Å². The SMILES string of the molecule is CCOC(=O)C(=O)c1[nH]c2cccc(OC)c2c1C. The molecule has 19 heavy (non-hydrogen) atoms. The molecule has 0 radical (unpaired) electrons. The van der Waals surface area contributed by atoms with Gasteiger partial charge in [0.2, 0.25) is 0 Å². The van der Waals surface area contributed by atoms with E-state index in [-0.39, 0.29) is 12.3 Å². The van der Waals surface area contributed by atoms with Crippen molar-refractivity contribution in [1.29, 1.82) is 0 Å². The minimum atomic E-state index is -0.851. The van der Waals surface area contributed by atoms with Gasteiger partial charge in [-0.15, -0.1) is 0 Å². The smallest absolute Gasteiger partial charge is 0.381 e. The van der Waals surface area contributed by atoms with Gasteiger partial charge in [-0.25, -0.2) is 4.79 Å². The molecule has 100 valence electrons. The first kappa shape index (κ1) is 13.1. The lowest BCUT2D eigenvalue weighted by atomic mass is 10.1. The zero-order chi connectivity index (χ0) is 14.0. The first-order valence-corrected chi connectivity index (χ1v) is 5.96. The fourth-order valence-electron chi connectivity index (χ4n) is 2.07. The molecule has 0 unspecified atom stereocenters. The van der Waals surface area contributed by atoms with Gasteiger partial charge in [0.05, 0.1) is 19.4 Å². The minimum Gasteiger partial charge on any atom is -0.496 e. The van der Waals surface area contributed by atoms with Crippen LogP contribution in [0.3, 0.4) is 0 Å². The third-order valence-corrected chi connectivity index (χ3v) is 2.94. The molecule has 1 aromatic carbocycles. The van der Waals surface area contributed by atoms with Crippen LogP contribution in [-0.4, -0.2) is 30.5 Å². The van der Waals surface area contributed by atoms with Crippen molar-refractivity contribution in [3.05, 3.63) is 29.5 Å². The average molecular weight is 261 g/mol. The highest BCUT2D eigenvalue weighted by molar-refractivity contribution is 6.41. The molecule has 0 aliphatic heterocycles. The van der Waals surface area contributed by atoms with Crippen molar-refractivity contribution in [2.24, 2.45) is 0 Å². The molecule has 0 saturated carbocycles. The molecule has 1 aromatic heterocycles. The molecule has 0 spiro atoms. The number of carbonyl (C=O) groups excluding carboxylic acids is 2. The highest BCUT2D eigenvalue weighted by atomic mass is 16.5. The quantitative estimate of drug-likeness (QED) is 0.520. The van der Waals surface area contributed by atoms with Crippen LogP contribution < -0.4 is 4.74 Å². The monoisotopic (exact) mass is 261 g/mol. The number of Topliss-reactive ketones (excluding diaryl/α,β-unsaturated/α-hetero) is 1. The maximum Gasteiger partial charge on any atom is 0.381 e. The van der Waals surface area contributed by atoms with E-state index in [9.17, 15) is 9.59 Å². The minimum absolute atomic E-state index is 0.174. The number of H-pyrrole nitrogens is 1. The first-order valence-electron chi connectivity index (χ1n) is 5.96. The lowest BCUT2D eigenvalue weighted by molar-refractivity contribution is -0.137. The molecule has 5 nitrogen and oxygen atoms in total. The number of hydrogen-bond donors (Lipinski definition) is 1. The lowest BCUT2D eigenvalue weighted by Gasteiger charge is -2.02. The summed E-state index contributed by atoms with van der Waals surface area (Å²) in [6, 6.07) is 5.45. The fraction of sp³-hybridized carbons (Fsp3) is 0.286. The van der Waals surface area contributed by atoms with Crippen molar-refractivity contribution in [2.75, 3.05) is 13.7 Å². The topological polar surface area (TPSA) is 68.4 Å². The Hall–Kier alpha value is -2.30. The zero-order valence-corrected chi connectivity index (χ0v) is 11.1. The number of rotatable bonds is 4. The number of aromatic nitrogens is 1. The van der Waals surface area contributed by atoms with E-state index in [1.54, 1.807) is 21.0 Å². The van der Waals surface area contributed by atoms with Crippen molar-refractivity contribution in [2.45, 2.75) is 13.8 Å². The number of nitrogens with one attached hydrogen (secondary N) is 1. The van der Waals surface area contributed by atoms with Crippen molar-refractivity contribution >= 4 is 22.7 Å². The number of carbonyl (C=O) groups is 2. The van der Waals surface area contributed by atoms with E-state index < -0.39 is 11.8 Å². The second-order valence-corrected chi connectivity index (χ2v) is 4.06. The van der Waals surface area contributed by atoms with Crippen LogP contribution in [0.4, 0.5) is 0 Å². The molecule has 0 bridgehead atoms. The summed E-state index contributed by atoms with van der Waals surface area (Å²) in [7, 11) is 1.56. The van der Waals surface area contributed by atoms with E-state index >= 15 is 0 Å².